The van der Waals surface area contributed by atoms with Gasteiger partial charge in [-0.3, -0.25) is 4.98 Å². The van der Waals surface area contributed by atoms with Crippen molar-refractivity contribution in [3.05, 3.63) is 59.9 Å². The summed E-state index contributed by atoms with van der Waals surface area (Å²) in [6.07, 6.45) is 4.54. The van der Waals surface area contributed by atoms with Crippen molar-refractivity contribution in [2.75, 3.05) is 6.61 Å². The highest BCUT2D eigenvalue weighted by molar-refractivity contribution is 5.32. The van der Waals surface area contributed by atoms with Crippen LogP contribution in [0.25, 0.3) is 0 Å². The van der Waals surface area contributed by atoms with Gasteiger partial charge in [-0.15, -0.1) is 0 Å². The first-order valence-corrected chi connectivity index (χ1v) is 6.68. The van der Waals surface area contributed by atoms with Crippen LogP contribution in [0, 0.1) is 0 Å². The molecule has 2 heteroatoms. The molecule has 0 amide bonds. The lowest BCUT2D eigenvalue weighted by atomic mass is 9.87. The molecule has 1 heterocycles. The lowest BCUT2D eigenvalue weighted by molar-refractivity contribution is 0.321. The molecule has 100 valence electrons. The summed E-state index contributed by atoms with van der Waals surface area (Å²) < 4.78 is 5.83. The Morgan fingerprint density at radius 2 is 1.79 bits per heavy atom. The Morgan fingerprint density at radius 3 is 2.47 bits per heavy atom. The molecular weight excluding hydrogens is 234 g/mol. The van der Waals surface area contributed by atoms with Crippen LogP contribution in [-0.4, -0.2) is 11.6 Å². The minimum absolute atomic E-state index is 0.157. The Kier molecular flexibility index (Phi) is 4.20. The zero-order valence-corrected chi connectivity index (χ0v) is 11.9. The van der Waals surface area contributed by atoms with Gasteiger partial charge in [-0.25, -0.2) is 0 Å². The SMILES string of the molecule is CC(C)(C)c1cccc(OCCc2ccncc2)c1. The van der Waals surface area contributed by atoms with Crippen molar-refractivity contribution in [3.63, 3.8) is 0 Å². The van der Waals surface area contributed by atoms with E-state index in [9.17, 15) is 0 Å². The van der Waals surface area contributed by atoms with E-state index in [0.717, 1.165) is 12.2 Å². The molecule has 1 aromatic carbocycles. The summed E-state index contributed by atoms with van der Waals surface area (Å²) in [5.41, 5.74) is 2.71. The van der Waals surface area contributed by atoms with Crippen LogP contribution < -0.4 is 4.74 Å². The van der Waals surface area contributed by atoms with Crippen molar-refractivity contribution >= 4 is 0 Å². The van der Waals surface area contributed by atoms with Crippen LogP contribution in [-0.2, 0) is 11.8 Å². The first-order chi connectivity index (χ1) is 9.05. The van der Waals surface area contributed by atoms with Gasteiger partial charge >= 0.3 is 0 Å². The van der Waals surface area contributed by atoms with Crippen LogP contribution in [0.2, 0.25) is 0 Å². The number of rotatable bonds is 4. The molecule has 0 radical (unpaired) electrons. The van der Waals surface area contributed by atoms with Crippen LogP contribution >= 0.6 is 0 Å². The smallest absolute Gasteiger partial charge is 0.119 e. The summed E-state index contributed by atoms with van der Waals surface area (Å²) in [5, 5.41) is 0. The van der Waals surface area contributed by atoms with Crippen molar-refractivity contribution in [3.8, 4) is 5.75 Å². The molecule has 0 fully saturated rings. The number of hydrogen-bond acceptors (Lipinski definition) is 2. The lowest BCUT2D eigenvalue weighted by Gasteiger charge is -2.19. The average Bonchev–Trinajstić information content (AvgIpc) is 2.39. The summed E-state index contributed by atoms with van der Waals surface area (Å²) in [6.45, 7) is 7.33. The molecule has 0 aliphatic heterocycles. The van der Waals surface area contributed by atoms with Crippen LogP contribution in [0.1, 0.15) is 31.9 Å². The van der Waals surface area contributed by atoms with Crippen LogP contribution in [0.4, 0.5) is 0 Å². The predicted octanol–water partition coefficient (Wildman–Crippen LogP) is 4.00. The molecule has 0 saturated heterocycles. The van der Waals surface area contributed by atoms with Gasteiger partial charge in [0, 0.05) is 18.8 Å². The maximum atomic E-state index is 5.83. The van der Waals surface area contributed by atoms with E-state index in [-0.39, 0.29) is 5.41 Å². The molecule has 0 bridgehead atoms. The number of aromatic nitrogens is 1. The van der Waals surface area contributed by atoms with Crippen molar-refractivity contribution < 1.29 is 4.74 Å². The molecule has 2 rings (SSSR count). The van der Waals surface area contributed by atoms with E-state index in [4.69, 9.17) is 4.74 Å². The Bertz CT molecular complexity index is 514. The largest absolute Gasteiger partial charge is 0.493 e. The summed E-state index contributed by atoms with van der Waals surface area (Å²) in [6, 6.07) is 12.4. The molecule has 0 unspecified atom stereocenters. The molecule has 0 aliphatic rings. The maximum Gasteiger partial charge on any atom is 0.119 e. The van der Waals surface area contributed by atoms with Gasteiger partial charge in [0.15, 0.2) is 0 Å². The molecule has 0 spiro atoms. The highest BCUT2D eigenvalue weighted by Crippen LogP contribution is 2.25. The van der Waals surface area contributed by atoms with E-state index in [1.165, 1.54) is 11.1 Å². The molecule has 19 heavy (non-hydrogen) atoms. The standard InChI is InChI=1S/C17H21NO/c1-17(2,3)15-5-4-6-16(13-15)19-12-9-14-7-10-18-11-8-14/h4-8,10-11,13H,9,12H2,1-3H3. The van der Waals surface area contributed by atoms with Gasteiger partial charge in [-0.1, -0.05) is 32.9 Å². The third-order valence-corrected chi connectivity index (χ3v) is 3.11. The number of ether oxygens (including phenoxy) is 1. The molecule has 0 saturated carbocycles. The number of pyridine rings is 1. The quantitative estimate of drug-likeness (QED) is 0.823. The fourth-order valence-electron chi connectivity index (χ4n) is 1.89. The second-order valence-electron chi connectivity index (χ2n) is 5.73. The summed E-state index contributed by atoms with van der Waals surface area (Å²) in [4.78, 5) is 4.01. The Hall–Kier alpha value is -1.83. The third-order valence-electron chi connectivity index (χ3n) is 3.11. The average molecular weight is 255 g/mol. The second-order valence-corrected chi connectivity index (χ2v) is 5.73. The molecule has 0 atom stereocenters. The molecule has 1 aromatic heterocycles. The monoisotopic (exact) mass is 255 g/mol. The Morgan fingerprint density at radius 1 is 1.05 bits per heavy atom. The summed E-state index contributed by atoms with van der Waals surface area (Å²) >= 11 is 0. The Balaban J connectivity index is 1.93. The van der Waals surface area contributed by atoms with Gasteiger partial charge in [0.1, 0.15) is 5.75 Å². The normalized spacial score (nSPS) is 11.3. The van der Waals surface area contributed by atoms with E-state index in [1.54, 1.807) is 0 Å². The van der Waals surface area contributed by atoms with E-state index in [2.05, 4.69) is 44.0 Å². The molecule has 2 nitrogen and oxygen atoms in total. The zero-order chi connectivity index (χ0) is 13.7. The summed E-state index contributed by atoms with van der Waals surface area (Å²) in [5.74, 6) is 0.946. The Labute approximate surface area is 115 Å². The van der Waals surface area contributed by atoms with Gasteiger partial charge in [0.05, 0.1) is 6.61 Å². The van der Waals surface area contributed by atoms with Gasteiger partial charge in [-0.2, -0.15) is 0 Å². The van der Waals surface area contributed by atoms with Gasteiger partial charge in [0.25, 0.3) is 0 Å². The third kappa shape index (κ3) is 4.09. The summed E-state index contributed by atoms with van der Waals surface area (Å²) in [7, 11) is 0. The minimum Gasteiger partial charge on any atom is -0.493 e. The predicted molar refractivity (Wildman–Crippen MR) is 78.6 cm³/mol. The van der Waals surface area contributed by atoms with Crippen LogP contribution in [0.5, 0.6) is 5.75 Å². The fourth-order valence-corrected chi connectivity index (χ4v) is 1.89. The molecule has 0 aliphatic carbocycles. The van der Waals surface area contributed by atoms with E-state index < -0.39 is 0 Å². The van der Waals surface area contributed by atoms with Crippen molar-refractivity contribution in [2.45, 2.75) is 32.6 Å². The van der Waals surface area contributed by atoms with Gasteiger partial charge < -0.3 is 4.74 Å². The van der Waals surface area contributed by atoms with Crippen LogP contribution in [0.15, 0.2) is 48.8 Å². The minimum atomic E-state index is 0.157. The van der Waals surface area contributed by atoms with E-state index >= 15 is 0 Å². The number of nitrogens with zero attached hydrogens (tertiary/aromatic N) is 1. The van der Waals surface area contributed by atoms with Gasteiger partial charge in [-0.05, 0) is 40.8 Å². The highest BCUT2D eigenvalue weighted by Gasteiger charge is 2.13. The molecule has 0 N–H and O–H groups in total. The van der Waals surface area contributed by atoms with Crippen molar-refractivity contribution in [1.82, 2.24) is 4.98 Å². The van der Waals surface area contributed by atoms with Crippen molar-refractivity contribution in [2.24, 2.45) is 0 Å². The number of hydrogen-bond donors (Lipinski definition) is 0. The van der Waals surface area contributed by atoms with E-state index in [0.29, 0.717) is 6.61 Å². The first kappa shape index (κ1) is 13.6. The highest BCUT2D eigenvalue weighted by atomic mass is 16.5. The number of benzene rings is 1. The van der Waals surface area contributed by atoms with Crippen LogP contribution in [0.3, 0.4) is 0 Å². The fraction of sp³-hybridized carbons (Fsp3) is 0.353. The second kappa shape index (κ2) is 5.87. The lowest BCUT2D eigenvalue weighted by Crippen LogP contribution is -2.11. The first-order valence-electron chi connectivity index (χ1n) is 6.68. The zero-order valence-electron chi connectivity index (χ0n) is 11.9. The molecular formula is C17H21NO. The van der Waals surface area contributed by atoms with Crippen molar-refractivity contribution in [1.29, 1.82) is 0 Å². The maximum absolute atomic E-state index is 5.83. The van der Waals surface area contributed by atoms with Gasteiger partial charge in [0.2, 0.25) is 0 Å². The molecule has 2 aromatic rings. The van der Waals surface area contributed by atoms with E-state index in [1.807, 2.05) is 30.6 Å². The topological polar surface area (TPSA) is 22.1 Å².